The molecule has 0 unspecified atom stereocenters. The summed E-state index contributed by atoms with van der Waals surface area (Å²) < 4.78 is 17.4. The number of carbonyl (C=O) groups excluding carboxylic acids is 1. The van der Waals surface area contributed by atoms with Crippen molar-refractivity contribution in [1.29, 1.82) is 0 Å². The lowest BCUT2D eigenvalue weighted by Crippen LogP contribution is -2.34. The van der Waals surface area contributed by atoms with Gasteiger partial charge in [-0.2, -0.15) is 0 Å². The summed E-state index contributed by atoms with van der Waals surface area (Å²) in [6.45, 7) is 4.87. The fourth-order valence-electron chi connectivity index (χ4n) is 3.51. The monoisotopic (exact) mass is 409 g/mol. The molecule has 0 amide bonds. The second-order valence-electron chi connectivity index (χ2n) is 7.85. The lowest BCUT2D eigenvalue weighted by molar-refractivity contribution is -0.140. The minimum atomic E-state index is -0.273. The first-order chi connectivity index (χ1) is 14.7. The van der Waals surface area contributed by atoms with Crippen LogP contribution in [0.25, 0.3) is 0 Å². The van der Waals surface area contributed by atoms with Crippen LogP contribution < -0.4 is 5.32 Å². The highest BCUT2D eigenvalue weighted by molar-refractivity contribution is 5.66. The topological polar surface area (TPSA) is 56.8 Å². The van der Waals surface area contributed by atoms with Crippen LogP contribution in [0.15, 0.2) is 72.4 Å². The van der Waals surface area contributed by atoms with Crippen LogP contribution in [0.2, 0.25) is 0 Å². The zero-order chi connectivity index (χ0) is 21.1. The standard InChI is InChI=1S/C25H31NO4/c1-21(27)30-18-24-12-13-25(14-15-26-24,19-28-16-22-8-4-2-5-9-22)20-29-17-23-10-6-3-7-11-23/h2-12,26H,13-20H2,1H3. The van der Waals surface area contributed by atoms with Crippen LogP contribution >= 0.6 is 0 Å². The molecule has 0 saturated carbocycles. The number of esters is 1. The van der Waals surface area contributed by atoms with Gasteiger partial charge in [-0.1, -0.05) is 66.7 Å². The summed E-state index contributed by atoms with van der Waals surface area (Å²) in [5, 5.41) is 3.38. The van der Waals surface area contributed by atoms with Crippen molar-refractivity contribution < 1.29 is 19.0 Å². The van der Waals surface area contributed by atoms with E-state index in [0.29, 0.717) is 26.4 Å². The molecule has 0 saturated heterocycles. The van der Waals surface area contributed by atoms with E-state index in [1.165, 1.54) is 6.92 Å². The van der Waals surface area contributed by atoms with Gasteiger partial charge in [-0.25, -0.2) is 0 Å². The Bertz CT molecular complexity index is 759. The lowest BCUT2D eigenvalue weighted by Gasteiger charge is -2.31. The third-order valence-electron chi connectivity index (χ3n) is 5.26. The fourth-order valence-corrected chi connectivity index (χ4v) is 3.51. The maximum Gasteiger partial charge on any atom is 0.303 e. The molecule has 0 aliphatic carbocycles. The molecule has 160 valence electrons. The van der Waals surface area contributed by atoms with Crippen LogP contribution in [0.3, 0.4) is 0 Å². The molecule has 0 fully saturated rings. The summed E-state index contributed by atoms with van der Waals surface area (Å²) in [4.78, 5) is 11.1. The number of ether oxygens (including phenoxy) is 3. The van der Waals surface area contributed by atoms with Gasteiger partial charge in [-0.05, 0) is 24.0 Å². The zero-order valence-electron chi connectivity index (χ0n) is 17.6. The molecule has 2 aromatic rings. The van der Waals surface area contributed by atoms with Crippen molar-refractivity contribution in [3.05, 3.63) is 83.6 Å². The second-order valence-corrected chi connectivity index (χ2v) is 7.85. The van der Waals surface area contributed by atoms with Gasteiger partial charge in [0.25, 0.3) is 0 Å². The van der Waals surface area contributed by atoms with E-state index in [0.717, 1.165) is 36.2 Å². The summed E-state index contributed by atoms with van der Waals surface area (Å²) in [6, 6.07) is 20.4. The quantitative estimate of drug-likeness (QED) is 0.595. The first-order valence-electron chi connectivity index (χ1n) is 10.4. The maximum absolute atomic E-state index is 11.1. The van der Waals surface area contributed by atoms with E-state index in [1.807, 2.05) is 36.4 Å². The molecule has 1 aliphatic rings. The predicted octanol–water partition coefficient (Wildman–Crippen LogP) is 4.24. The normalized spacial score (nSPS) is 15.6. The van der Waals surface area contributed by atoms with Crippen molar-refractivity contribution in [3.8, 4) is 0 Å². The molecule has 0 atom stereocenters. The first kappa shape index (κ1) is 22.1. The zero-order valence-corrected chi connectivity index (χ0v) is 17.6. The maximum atomic E-state index is 11.1. The van der Waals surface area contributed by atoms with Gasteiger partial charge in [0.1, 0.15) is 6.61 Å². The molecule has 0 bridgehead atoms. The molecule has 0 aromatic heterocycles. The van der Waals surface area contributed by atoms with E-state index in [9.17, 15) is 4.79 Å². The third kappa shape index (κ3) is 7.32. The second kappa shape index (κ2) is 11.5. The van der Waals surface area contributed by atoms with Crippen LogP contribution in [0, 0.1) is 5.41 Å². The predicted molar refractivity (Wildman–Crippen MR) is 117 cm³/mol. The van der Waals surface area contributed by atoms with Gasteiger partial charge < -0.3 is 19.5 Å². The number of benzene rings is 2. The lowest BCUT2D eigenvalue weighted by atomic mass is 9.83. The van der Waals surface area contributed by atoms with Crippen molar-refractivity contribution in [2.24, 2.45) is 5.41 Å². The van der Waals surface area contributed by atoms with Gasteiger partial charge in [0.2, 0.25) is 0 Å². The van der Waals surface area contributed by atoms with Gasteiger partial charge >= 0.3 is 5.97 Å². The van der Waals surface area contributed by atoms with E-state index in [1.54, 1.807) is 0 Å². The fraction of sp³-hybridized carbons (Fsp3) is 0.400. The minimum absolute atomic E-state index is 0.130. The minimum Gasteiger partial charge on any atom is -0.459 e. The molecule has 5 nitrogen and oxygen atoms in total. The average Bonchev–Trinajstić information content (AvgIpc) is 2.96. The molecule has 1 heterocycles. The number of allylic oxidation sites excluding steroid dienone is 1. The molecule has 30 heavy (non-hydrogen) atoms. The first-order valence-corrected chi connectivity index (χ1v) is 10.4. The third-order valence-corrected chi connectivity index (χ3v) is 5.26. The van der Waals surface area contributed by atoms with Crippen molar-refractivity contribution >= 4 is 5.97 Å². The van der Waals surface area contributed by atoms with Crippen molar-refractivity contribution in [2.75, 3.05) is 26.4 Å². The Morgan fingerprint density at radius 3 is 2.00 bits per heavy atom. The molecule has 0 spiro atoms. The molecule has 1 N–H and O–H groups in total. The van der Waals surface area contributed by atoms with Gasteiger partial charge in [0.05, 0.1) is 26.4 Å². The Labute approximate surface area is 179 Å². The summed E-state index contributed by atoms with van der Waals surface area (Å²) in [5.41, 5.74) is 3.14. The van der Waals surface area contributed by atoms with E-state index >= 15 is 0 Å². The molecular weight excluding hydrogens is 378 g/mol. The van der Waals surface area contributed by atoms with E-state index in [2.05, 4.69) is 35.7 Å². The average molecular weight is 410 g/mol. The summed E-state index contributed by atoms with van der Waals surface area (Å²) in [7, 11) is 0. The van der Waals surface area contributed by atoms with Crippen LogP contribution in [0.5, 0.6) is 0 Å². The van der Waals surface area contributed by atoms with Crippen molar-refractivity contribution in [3.63, 3.8) is 0 Å². The Kier molecular flexibility index (Phi) is 8.48. The van der Waals surface area contributed by atoms with Gasteiger partial charge in [0, 0.05) is 24.6 Å². The van der Waals surface area contributed by atoms with Gasteiger partial charge in [-0.3, -0.25) is 4.79 Å². The highest BCUT2D eigenvalue weighted by Gasteiger charge is 2.32. The van der Waals surface area contributed by atoms with Crippen LogP contribution in [-0.4, -0.2) is 32.3 Å². The van der Waals surface area contributed by atoms with E-state index in [4.69, 9.17) is 14.2 Å². The van der Waals surface area contributed by atoms with Gasteiger partial charge in [0.15, 0.2) is 0 Å². The number of carbonyl (C=O) groups is 1. The van der Waals surface area contributed by atoms with Gasteiger partial charge in [-0.15, -0.1) is 0 Å². The molecular formula is C25H31NO4. The SMILES string of the molecule is CC(=O)OCC1=CCC(COCc2ccccc2)(COCc2ccccc2)CCN1. The largest absolute Gasteiger partial charge is 0.459 e. The van der Waals surface area contributed by atoms with Crippen LogP contribution in [-0.2, 0) is 32.2 Å². The number of hydrogen-bond donors (Lipinski definition) is 1. The molecule has 1 aliphatic heterocycles. The summed E-state index contributed by atoms with van der Waals surface area (Å²) in [5.74, 6) is -0.273. The Balaban J connectivity index is 1.61. The highest BCUT2D eigenvalue weighted by Crippen LogP contribution is 2.31. The van der Waals surface area contributed by atoms with Crippen LogP contribution in [0.4, 0.5) is 0 Å². The summed E-state index contributed by atoms with van der Waals surface area (Å²) in [6.07, 6.45) is 3.84. The molecule has 0 radical (unpaired) electrons. The molecule has 2 aromatic carbocycles. The number of hydrogen-bond acceptors (Lipinski definition) is 5. The summed E-state index contributed by atoms with van der Waals surface area (Å²) >= 11 is 0. The molecule has 3 rings (SSSR count). The molecule has 5 heteroatoms. The van der Waals surface area contributed by atoms with E-state index in [-0.39, 0.29) is 18.0 Å². The Hall–Kier alpha value is -2.63. The number of rotatable bonds is 10. The van der Waals surface area contributed by atoms with E-state index < -0.39 is 0 Å². The Morgan fingerprint density at radius 2 is 1.47 bits per heavy atom. The highest BCUT2D eigenvalue weighted by atomic mass is 16.5. The van der Waals surface area contributed by atoms with Crippen LogP contribution in [0.1, 0.15) is 30.9 Å². The van der Waals surface area contributed by atoms with Crippen molar-refractivity contribution in [1.82, 2.24) is 5.32 Å². The Morgan fingerprint density at radius 1 is 0.900 bits per heavy atom. The number of nitrogens with one attached hydrogen (secondary N) is 1. The smallest absolute Gasteiger partial charge is 0.303 e. The van der Waals surface area contributed by atoms with Crippen molar-refractivity contribution in [2.45, 2.75) is 33.0 Å².